The molecule has 1 aliphatic heterocycles. The van der Waals surface area contributed by atoms with E-state index in [-0.39, 0.29) is 12.3 Å². The molecule has 2 aromatic rings. The predicted octanol–water partition coefficient (Wildman–Crippen LogP) is 2.43. The number of carbonyl (C=O) groups is 3. The van der Waals surface area contributed by atoms with E-state index in [2.05, 4.69) is 4.74 Å². The monoisotopic (exact) mass is 353 g/mol. The molecule has 1 aliphatic rings. The van der Waals surface area contributed by atoms with Crippen LogP contribution < -0.4 is 4.74 Å². The van der Waals surface area contributed by atoms with Crippen LogP contribution in [0.1, 0.15) is 22.3 Å². The van der Waals surface area contributed by atoms with Crippen molar-refractivity contribution >= 4 is 17.8 Å². The summed E-state index contributed by atoms with van der Waals surface area (Å²) in [6.07, 6.45) is 0.145. The fourth-order valence-corrected chi connectivity index (χ4v) is 2.86. The average Bonchev–Trinajstić information content (AvgIpc) is 3.03. The first kappa shape index (κ1) is 17.7. The Bertz CT molecular complexity index is 801. The maximum Gasteiger partial charge on any atom is 0.337 e. The van der Waals surface area contributed by atoms with Crippen molar-refractivity contribution in [1.29, 1.82) is 0 Å². The molecule has 134 valence electrons. The summed E-state index contributed by atoms with van der Waals surface area (Å²) in [4.78, 5) is 37.6. The molecule has 3 rings (SSSR count). The van der Waals surface area contributed by atoms with E-state index in [1.54, 1.807) is 4.90 Å². The van der Waals surface area contributed by atoms with Crippen LogP contribution in [0.5, 0.6) is 5.75 Å². The topological polar surface area (TPSA) is 72.9 Å². The molecule has 6 heteroatoms. The minimum absolute atomic E-state index is 0.0585. The summed E-state index contributed by atoms with van der Waals surface area (Å²) >= 11 is 0. The van der Waals surface area contributed by atoms with Crippen LogP contribution in [0.2, 0.25) is 0 Å². The third-order valence-corrected chi connectivity index (χ3v) is 4.26. The zero-order valence-electron chi connectivity index (χ0n) is 14.4. The summed E-state index contributed by atoms with van der Waals surface area (Å²) in [7, 11) is 1.30. The number of methoxy groups -OCH3 is 1. The number of hydrogen-bond donors (Lipinski definition) is 0. The van der Waals surface area contributed by atoms with Gasteiger partial charge in [-0.25, -0.2) is 4.79 Å². The van der Waals surface area contributed by atoms with E-state index in [1.165, 1.54) is 31.4 Å². The van der Waals surface area contributed by atoms with E-state index in [0.717, 1.165) is 5.56 Å². The minimum Gasteiger partial charge on any atom is -0.465 e. The standard InChI is InChI=1S/C20H19NO5/c1-25-19(23)15-7-9-17(10-8-15)26-20(24)16-11-18(22)21(13-16)12-14-5-3-2-4-6-14/h2-10,16H,11-13H2,1H3/t16-/m0/s1. The van der Waals surface area contributed by atoms with Crippen molar-refractivity contribution in [2.45, 2.75) is 13.0 Å². The molecule has 26 heavy (non-hydrogen) atoms. The number of carbonyl (C=O) groups excluding carboxylic acids is 3. The van der Waals surface area contributed by atoms with Crippen molar-refractivity contribution < 1.29 is 23.9 Å². The van der Waals surface area contributed by atoms with Crippen LogP contribution in [0.3, 0.4) is 0 Å². The summed E-state index contributed by atoms with van der Waals surface area (Å²) in [5.74, 6) is -1.12. The Kier molecular flexibility index (Phi) is 5.31. The Labute approximate surface area is 151 Å². The number of likely N-dealkylation sites (tertiary alicyclic amines) is 1. The quantitative estimate of drug-likeness (QED) is 0.610. The van der Waals surface area contributed by atoms with Crippen molar-refractivity contribution in [3.8, 4) is 5.75 Å². The third kappa shape index (κ3) is 4.08. The molecule has 0 unspecified atom stereocenters. The highest BCUT2D eigenvalue weighted by molar-refractivity contribution is 5.90. The van der Waals surface area contributed by atoms with Gasteiger partial charge in [-0.2, -0.15) is 0 Å². The number of nitrogens with zero attached hydrogens (tertiary/aromatic N) is 1. The van der Waals surface area contributed by atoms with Crippen LogP contribution >= 0.6 is 0 Å². The lowest BCUT2D eigenvalue weighted by Gasteiger charge is -2.16. The lowest BCUT2D eigenvalue weighted by atomic mass is 10.1. The maximum atomic E-state index is 12.3. The Balaban J connectivity index is 1.58. The van der Waals surface area contributed by atoms with Crippen molar-refractivity contribution in [3.05, 3.63) is 65.7 Å². The zero-order valence-corrected chi connectivity index (χ0v) is 14.4. The number of hydrogen-bond acceptors (Lipinski definition) is 5. The minimum atomic E-state index is -0.494. The fourth-order valence-electron chi connectivity index (χ4n) is 2.86. The van der Waals surface area contributed by atoms with E-state index in [1.807, 2.05) is 30.3 Å². The predicted molar refractivity (Wildman–Crippen MR) is 93.4 cm³/mol. The van der Waals surface area contributed by atoms with Crippen LogP contribution in [0.25, 0.3) is 0 Å². The van der Waals surface area contributed by atoms with Gasteiger partial charge in [0.1, 0.15) is 5.75 Å². The molecular formula is C20H19NO5. The van der Waals surface area contributed by atoms with E-state index in [9.17, 15) is 14.4 Å². The Morgan fingerprint density at radius 3 is 2.42 bits per heavy atom. The van der Waals surface area contributed by atoms with Gasteiger partial charge in [0.25, 0.3) is 0 Å². The van der Waals surface area contributed by atoms with Gasteiger partial charge in [0.05, 0.1) is 18.6 Å². The molecule has 1 saturated heterocycles. The number of esters is 2. The number of ether oxygens (including phenoxy) is 2. The summed E-state index contributed by atoms with van der Waals surface area (Å²) in [5, 5.41) is 0. The van der Waals surface area contributed by atoms with Gasteiger partial charge in [-0.1, -0.05) is 30.3 Å². The van der Waals surface area contributed by atoms with Gasteiger partial charge in [0.2, 0.25) is 5.91 Å². The summed E-state index contributed by atoms with van der Waals surface area (Å²) < 4.78 is 9.96. The average molecular weight is 353 g/mol. The van der Waals surface area contributed by atoms with Crippen molar-refractivity contribution in [2.75, 3.05) is 13.7 Å². The smallest absolute Gasteiger partial charge is 0.337 e. The van der Waals surface area contributed by atoms with Gasteiger partial charge in [0.15, 0.2) is 0 Å². The van der Waals surface area contributed by atoms with Crippen LogP contribution in [-0.2, 0) is 20.9 Å². The largest absolute Gasteiger partial charge is 0.465 e. The maximum absolute atomic E-state index is 12.3. The lowest BCUT2D eigenvalue weighted by Crippen LogP contribution is -2.27. The summed E-state index contributed by atoms with van der Waals surface area (Å²) in [6, 6.07) is 15.8. The second-order valence-electron chi connectivity index (χ2n) is 6.10. The van der Waals surface area contributed by atoms with Gasteiger partial charge >= 0.3 is 11.9 Å². The van der Waals surface area contributed by atoms with Crippen molar-refractivity contribution in [3.63, 3.8) is 0 Å². The molecule has 0 bridgehead atoms. The van der Waals surface area contributed by atoms with Crippen molar-refractivity contribution in [1.82, 2.24) is 4.90 Å². The molecule has 1 fully saturated rings. The first-order valence-electron chi connectivity index (χ1n) is 8.28. The van der Waals surface area contributed by atoms with Gasteiger partial charge in [-0.15, -0.1) is 0 Å². The normalized spacial score (nSPS) is 16.4. The summed E-state index contributed by atoms with van der Waals surface area (Å²) in [6.45, 7) is 0.823. The molecule has 0 aliphatic carbocycles. The van der Waals surface area contributed by atoms with Crippen LogP contribution in [0, 0.1) is 5.92 Å². The van der Waals surface area contributed by atoms with Gasteiger partial charge in [-0.3, -0.25) is 9.59 Å². The fraction of sp³-hybridized carbons (Fsp3) is 0.250. The molecule has 1 amide bonds. The molecule has 6 nitrogen and oxygen atoms in total. The van der Waals surface area contributed by atoms with Crippen LogP contribution in [0.4, 0.5) is 0 Å². The second kappa shape index (κ2) is 7.82. The first-order chi connectivity index (χ1) is 12.6. The molecule has 1 heterocycles. The Morgan fingerprint density at radius 1 is 1.08 bits per heavy atom. The Hall–Kier alpha value is -3.15. The van der Waals surface area contributed by atoms with E-state index in [4.69, 9.17) is 4.74 Å². The lowest BCUT2D eigenvalue weighted by molar-refractivity contribution is -0.139. The zero-order chi connectivity index (χ0) is 18.5. The molecule has 2 aromatic carbocycles. The molecule has 0 aromatic heterocycles. The van der Waals surface area contributed by atoms with E-state index >= 15 is 0 Å². The van der Waals surface area contributed by atoms with Gasteiger partial charge in [-0.05, 0) is 29.8 Å². The third-order valence-electron chi connectivity index (χ3n) is 4.26. The highest BCUT2D eigenvalue weighted by Crippen LogP contribution is 2.23. The molecule has 1 atom stereocenters. The highest BCUT2D eigenvalue weighted by atomic mass is 16.5. The SMILES string of the molecule is COC(=O)c1ccc(OC(=O)[C@H]2CC(=O)N(Cc3ccccc3)C2)cc1. The number of amides is 1. The van der Waals surface area contributed by atoms with Crippen molar-refractivity contribution in [2.24, 2.45) is 5.92 Å². The van der Waals surface area contributed by atoms with E-state index < -0.39 is 17.9 Å². The van der Waals surface area contributed by atoms with E-state index in [0.29, 0.717) is 24.4 Å². The molecule has 0 radical (unpaired) electrons. The molecular weight excluding hydrogens is 334 g/mol. The van der Waals surface area contributed by atoms with Gasteiger partial charge in [0, 0.05) is 19.5 Å². The first-order valence-corrected chi connectivity index (χ1v) is 8.28. The molecule has 0 N–H and O–H groups in total. The molecule has 0 spiro atoms. The second-order valence-corrected chi connectivity index (χ2v) is 6.10. The number of rotatable bonds is 5. The van der Waals surface area contributed by atoms with Crippen LogP contribution in [-0.4, -0.2) is 36.4 Å². The van der Waals surface area contributed by atoms with Gasteiger partial charge < -0.3 is 14.4 Å². The highest BCUT2D eigenvalue weighted by Gasteiger charge is 2.35. The molecule has 0 saturated carbocycles. The number of benzene rings is 2. The van der Waals surface area contributed by atoms with Crippen LogP contribution in [0.15, 0.2) is 54.6 Å². The summed E-state index contributed by atoms with van der Waals surface area (Å²) in [5.41, 5.74) is 1.39. The Morgan fingerprint density at radius 2 is 1.77 bits per heavy atom.